The van der Waals surface area contributed by atoms with E-state index < -0.39 is 0 Å². The van der Waals surface area contributed by atoms with Crippen molar-refractivity contribution in [3.63, 3.8) is 0 Å². The van der Waals surface area contributed by atoms with Crippen molar-refractivity contribution < 1.29 is 18.4 Å². The molecule has 0 saturated carbocycles. The van der Waals surface area contributed by atoms with Crippen LogP contribution in [0.25, 0.3) is 11.3 Å². The zero-order valence-corrected chi connectivity index (χ0v) is 13.8. The molecule has 2 aromatic heterocycles. The number of benzene rings is 1. The number of morpholine rings is 1. The minimum Gasteiger partial charge on any atom is -0.464 e. The molecule has 6 heteroatoms. The zero-order chi connectivity index (χ0) is 17.2. The number of carbonyl (C=O) groups excluding carboxylic acids is 1. The third-order valence-electron chi connectivity index (χ3n) is 4.33. The number of ether oxygens (including phenoxy) is 1. The lowest BCUT2D eigenvalue weighted by molar-refractivity contribution is -0.00894. The van der Waals surface area contributed by atoms with E-state index in [1.165, 1.54) is 6.39 Å². The van der Waals surface area contributed by atoms with Gasteiger partial charge in [-0.25, -0.2) is 4.98 Å². The Kier molecular flexibility index (Phi) is 4.11. The van der Waals surface area contributed by atoms with Crippen molar-refractivity contribution in [2.24, 2.45) is 0 Å². The highest BCUT2D eigenvalue weighted by molar-refractivity contribution is 5.95. The predicted octanol–water partition coefficient (Wildman–Crippen LogP) is 3.46. The van der Waals surface area contributed by atoms with Crippen LogP contribution >= 0.6 is 0 Å². The third-order valence-corrected chi connectivity index (χ3v) is 4.33. The van der Waals surface area contributed by atoms with Crippen molar-refractivity contribution in [3.8, 4) is 11.3 Å². The molecule has 0 bridgehead atoms. The van der Waals surface area contributed by atoms with Crippen LogP contribution in [0.15, 0.2) is 57.8 Å². The number of rotatable bonds is 3. The maximum absolute atomic E-state index is 13.0. The van der Waals surface area contributed by atoms with Crippen molar-refractivity contribution in [2.75, 3.05) is 19.8 Å². The van der Waals surface area contributed by atoms with Gasteiger partial charge in [0.15, 0.2) is 12.2 Å². The average molecular weight is 338 g/mol. The van der Waals surface area contributed by atoms with Crippen LogP contribution in [0.4, 0.5) is 0 Å². The number of hydrogen-bond donors (Lipinski definition) is 0. The van der Waals surface area contributed by atoms with Gasteiger partial charge in [-0.2, -0.15) is 0 Å². The standard InChI is InChI=1S/C19H18N2O4/c1-13-2-7-17(25-13)16-11-23-9-8-21(16)19(22)15-5-3-14(4-6-15)18-10-20-12-24-18/h2-7,10,12,16H,8-9,11H2,1H3/t16-/m0/s1. The lowest BCUT2D eigenvalue weighted by atomic mass is 10.1. The Bertz CT molecular complexity index is 852. The second-order valence-electron chi connectivity index (χ2n) is 5.98. The van der Waals surface area contributed by atoms with E-state index in [0.717, 1.165) is 17.1 Å². The van der Waals surface area contributed by atoms with Crippen LogP contribution in [0.2, 0.25) is 0 Å². The Morgan fingerprint density at radius 3 is 2.72 bits per heavy atom. The average Bonchev–Trinajstić information content (AvgIpc) is 3.33. The van der Waals surface area contributed by atoms with Gasteiger partial charge >= 0.3 is 0 Å². The molecule has 1 saturated heterocycles. The first kappa shape index (κ1) is 15.7. The molecule has 0 N–H and O–H groups in total. The second-order valence-corrected chi connectivity index (χ2v) is 5.98. The number of nitrogens with zero attached hydrogens (tertiary/aromatic N) is 2. The molecule has 0 radical (unpaired) electrons. The number of amides is 1. The largest absolute Gasteiger partial charge is 0.464 e. The van der Waals surface area contributed by atoms with Crippen molar-refractivity contribution >= 4 is 5.91 Å². The van der Waals surface area contributed by atoms with E-state index in [-0.39, 0.29) is 11.9 Å². The molecular weight excluding hydrogens is 320 g/mol. The summed E-state index contributed by atoms with van der Waals surface area (Å²) in [7, 11) is 0. The molecule has 25 heavy (non-hydrogen) atoms. The summed E-state index contributed by atoms with van der Waals surface area (Å²) in [6.07, 6.45) is 3.03. The van der Waals surface area contributed by atoms with Crippen molar-refractivity contribution in [3.05, 3.63) is 66.1 Å². The fourth-order valence-corrected chi connectivity index (χ4v) is 3.02. The van der Waals surface area contributed by atoms with Gasteiger partial charge in [-0.1, -0.05) is 12.1 Å². The Morgan fingerprint density at radius 2 is 2.04 bits per heavy atom. The van der Waals surface area contributed by atoms with Gasteiger partial charge in [0.25, 0.3) is 5.91 Å². The Labute approximate surface area is 145 Å². The molecular formula is C19H18N2O4. The van der Waals surface area contributed by atoms with Crippen molar-refractivity contribution in [1.82, 2.24) is 9.88 Å². The van der Waals surface area contributed by atoms with Gasteiger partial charge in [0.05, 0.1) is 19.4 Å². The van der Waals surface area contributed by atoms with Gasteiger partial charge in [-0.15, -0.1) is 0 Å². The summed E-state index contributed by atoms with van der Waals surface area (Å²) in [5.41, 5.74) is 1.51. The molecule has 1 aliphatic rings. The number of carbonyl (C=O) groups is 1. The maximum Gasteiger partial charge on any atom is 0.254 e. The highest BCUT2D eigenvalue weighted by Crippen LogP contribution is 2.28. The van der Waals surface area contributed by atoms with E-state index in [1.54, 1.807) is 18.3 Å². The van der Waals surface area contributed by atoms with E-state index in [9.17, 15) is 4.79 Å². The first-order valence-corrected chi connectivity index (χ1v) is 8.16. The Balaban J connectivity index is 1.58. The molecule has 1 atom stereocenters. The summed E-state index contributed by atoms with van der Waals surface area (Å²) in [5.74, 6) is 2.22. The van der Waals surface area contributed by atoms with Crippen LogP contribution in [0.5, 0.6) is 0 Å². The molecule has 4 rings (SSSR count). The smallest absolute Gasteiger partial charge is 0.254 e. The SMILES string of the molecule is Cc1ccc([C@@H]2COCCN2C(=O)c2ccc(-c3cnco3)cc2)o1. The molecule has 0 unspecified atom stereocenters. The van der Waals surface area contributed by atoms with Gasteiger partial charge < -0.3 is 18.5 Å². The summed E-state index contributed by atoms with van der Waals surface area (Å²) < 4.78 is 16.5. The van der Waals surface area contributed by atoms with Gasteiger partial charge in [-0.05, 0) is 31.2 Å². The predicted molar refractivity (Wildman–Crippen MR) is 90.0 cm³/mol. The molecule has 128 valence electrons. The highest BCUT2D eigenvalue weighted by Gasteiger charge is 2.31. The van der Waals surface area contributed by atoms with E-state index in [2.05, 4.69) is 4.98 Å². The fourth-order valence-electron chi connectivity index (χ4n) is 3.02. The van der Waals surface area contributed by atoms with Gasteiger partial charge in [0.1, 0.15) is 17.6 Å². The fraction of sp³-hybridized carbons (Fsp3) is 0.263. The van der Waals surface area contributed by atoms with Crippen LogP contribution in [0, 0.1) is 6.92 Å². The molecule has 1 amide bonds. The van der Waals surface area contributed by atoms with Gasteiger partial charge in [-0.3, -0.25) is 4.79 Å². The molecule has 3 aromatic rings. The van der Waals surface area contributed by atoms with E-state index in [0.29, 0.717) is 31.1 Å². The monoisotopic (exact) mass is 338 g/mol. The summed E-state index contributed by atoms with van der Waals surface area (Å²) in [4.78, 5) is 18.7. The minimum atomic E-state index is -0.205. The van der Waals surface area contributed by atoms with Crippen molar-refractivity contribution in [2.45, 2.75) is 13.0 Å². The maximum atomic E-state index is 13.0. The normalized spacial score (nSPS) is 17.6. The Hall–Kier alpha value is -2.86. The van der Waals surface area contributed by atoms with Crippen molar-refractivity contribution in [1.29, 1.82) is 0 Å². The quantitative estimate of drug-likeness (QED) is 0.731. The van der Waals surface area contributed by atoms with E-state index in [4.69, 9.17) is 13.6 Å². The summed E-state index contributed by atoms with van der Waals surface area (Å²) in [6, 6.07) is 10.9. The van der Waals surface area contributed by atoms with Gasteiger partial charge in [0, 0.05) is 17.7 Å². The third kappa shape index (κ3) is 3.08. The number of hydrogen-bond acceptors (Lipinski definition) is 5. The number of aromatic nitrogens is 1. The zero-order valence-electron chi connectivity index (χ0n) is 13.8. The van der Waals surface area contributed by atoms with Gasteiger partial charge in [0.2, 0.25) is 0 Å². The minimum absolute atomic E-state index is 0.0357. The highest BCUT2D eigenvalue weighted by atomic mass is 16.5. The van der Waals surface area contributed by atoms with E-state index in [1.807, 2.05) is 36.1 Å². The lowest BCUT2D eigenvalue weighted by Gasteiger charge is -2.34. The van der Waals surface area contributed by atoms with Crippen LogP contribution in [-0.4, -0.2) is 35.5 Å². The number of aryl methyl sites for hydroxylation is 1. The first-order valence-electron chi connectivity index (χ1n) is 8.16. The molecule has 3 heterocycles. The summed E-state index contributed by atoms with van der Waals surface area (Å²) in [6.45, 7) is 3.39. The van der Waals surface area contributed by atoms with Crippen LogP contribution < -0.4 is 0 Å². The van der Waals surface area contributed by atoms with Crippen LogP contribution in [0.1, 0.15) is 27.9 Å². The summed E-state index contributed by atoms with van der Waals surface area (Å²) in [5, 5.41) is 0. The molecule has 6 nitrogen and oxygen atoms in total. The molecule has 1 aliphatic heterocycles. The lowest BCUT2D eigenvalue weighted by Crippen LogP contribution is -2.43. The molecule has 0 spiro atoms. The Morgan fingerprint density at radius 1 is 1.20 bits per heavy atom. The summed E-state index contributed by atoms with van der Waals surface area (Å²) >= 11 is 0. The number of oxazole rings is 1. The molecule has 1 fully saturated rings. The first-order chi connectivity index (χ1) is 12.2. The topological polar surface area (TPSA) is 68.7 Å². The molecule has 0 aliphatic carbocycles. The second kappa shape index (κ2) is 6.57. The molecule has 1 aromatic carbocycles. The number of furan rings is 1. The van der Waals surface area contributed by atoms with E-state index >= 15 is 0 Å². The van der Waals surface area contributed by atoms with Crippen LogP contribution in [0.3, 0.4) is 0 Å². The van der Waals surface area contributed by atoms with Crippen LogP contribution in [-0.2, 0) is 4.74 Å².